The number of benzene rings is 1. The average molecular weight is 451 g/mol. The Labute approximate surface area is 180 Å². The van der Waals surface area contributed by atoms with E-state index in [-0.39, 0.29) is 29.7 Å². The number of pyridine rings is 1. The number of thioether (sulfide) groups is 1. The lowest BCUT2D eigenvalue weighted by atomic mass is 9.93. The lowest BCUT2D eigenvalue weighted by Crippen LogP contribution is -2.40. The number of nitrogens with zero attached hydrogens (tertiary/aromatic N) is 2. The largest absolute Gasteiger partial charge is 0.474 e. The number of alkyl halides is 3. The van der Waals surface area contributed by atoms with Gasteiger partial charge < -0.3 is 14.5 Å². The topological polar surface area (TPSA) is 77.2 Å². The average Bonchev–Trinajstić information content (AvgIpc) is 3.17. The molecule has 1 aromatic carbocycles. The van der Waals surface area contributed by atoms with Gasteiger partial charge in [-0.05, 0) is 43.9 Å². The summed E-state index contributed by atoms with van der Waals surface area (Å²) < 4.78 is 49.1. The molecule has 10 heteroatoms. The molecule has 0 bridgehead atoms. The van der Waals surface area contributed by atoms with Crippen LogP contribution in [0.1, 0.15) is 31.2 Å². The second kappa shape index (κ2) is 9.17. The summed E-state index contributed by atoms with van der Waals surface area (Å²) in [5.74, 6) is 0.287. The third-order valence-corrected chi connectivity index (χ3v) is 5.82. The Bertz CT molecular complexity index is 999. The van der Waals surface area contributed by atoms with Crippen LogP contribution in [0, 0.1) is 0 Å². The first kappa shape index (κ1) is 21.5. The van der Waals surface area contributed by atoms with E-state index < -0.39 is 11.7 Å². The molecular weight excluding hydrogens is 431 g/mol. The summed E-state index contributed by atoms with van der Waals surface area (Å²) in [6, 6.07) is 9.65. The van der Waals surface area contributed by atoms with Gasteiger partial charge in [0.2, 0.25) is 11.8 Å². The molecule has 4 rings (SSSR count). The highest BCUT2D eigenvalue weighted by molar-refractivity contribution is 7.99. The highest BCUT2D eigenvalue weighted by Gasteiger charge is 2.31. The fraction of sp³-hybridized carbons (Fsp3) is 0.381. The van der Waals surface area contributed by atoms with Crippen molar-refractivity contribution in [2.45, 2.75) is 49.2 Å². The number of amides is 1. The van der Waals surface area contributed by atoms with Crippen LogP contribution in [0.15, 0.2) is 52.2 Å². The van der Waals surface area contributed by atoms with Gasteiger partial charge >= 0.3 is 6.18 Å². The second-order valence-corrected chi connectivity index (χ2v) is 8.20. The van der Waals surface area contributed by atoms with Crippen molar-refractivity contribution in [3.63, 3.8) is 0 Å². The molecular formula is C21H20F3N3O3S. The van der Waals surface area contributed by atoms with Crippen LogP contribution in [-0.4, -0.2) is 33.8 Å². The van der Waals surface area contributed by atoms with E-state index in [9.17, 15) is 18.0 Å². The lowest BCUT2D eigenvalue weighted by Gasteiger charge is -2.29. The SMILES string of the molecule is O=C(CSc1nc2ccccc2o1)NC1CCC(Oc2ccc(C(F)(F)F)cn2)CC1. The number of nitrogens with one attached hydrogen (secondary N) is 1. The second-order valence-electron chi connectivity index (χ2n) is 7.28. The van der Waals surface area contributed by atoms with Crippen LogP contribution in [-0.2, 0) is 11.0 Å². The molecule has 0 unspecified atom stereocenters. The fourth-order valence-electron chi connectivity index (χ4n) is 3.42. The van der Waals surface area contributed by atoms with E-state index in [2.05, 4.69) is 15.3 Å². The minimum absolute atomic E-state index is 0.0390. The maximum Gasteiger partial charge on any atom is 0.417 e. The van der Waals surface area contributed by atoms with Crippen molar-refractivity contribution in [3.05, 3.63) is 48.2 Å². The van der Waals surface area contributed by atoms with Gasteiger partial charge in [0.15, 0.2) is 5.58 Å². The molecule has 31 heavy (non-hydrogen) atoms. The van der Waals surface area contributed by atoms with Gasteiger partial charge in [-0.25, -0.2) is 9.97 Å². The molecule has 1 amide bonds. The highest BCUT2D eigenvalue weighted by atomic mass is 32.2. The minimum atomic E-state index is -4.42. The van der Waals surface area contributed by atoms with E-state index in [0.29, 0.717) is 23.6 Å². The third-order valence-electron chi connectivity index (χ3n) is 4.99. The van der Waals surface area contributed by atoms with Crippen LogP contribution in [0.5, 0.6) is 5.88 Å². The zero-order valence-corrected chi connectivity index (χ0v) is 17.2. The Hall–Kier alpha value is -2.75. The molecule has 0 saturated heterocycles. The van der Waals surface area contributed by atoms with E-state index in [0.717, 1.165) is 30.6 Å². The first-order valence-electron chi connectivity index (χ1n) is 9.84. The molecule has 1 fully saturated rings. The Balaban J connectivity index is 1.19. The number of aromatic nitrogens is 2. The molecule has 1 N–H and O–H groups in total. The monoisotopic (exact) mass is 451 g/mol. The van der Waals surface area contributed by atoms with Gasteiger partial charge in [-0.15, -0.1) is 0 Å². The standard InChI is InChI=1S/C21H20F3N3O3S/c22-21(23,24)13-5-10-19(25-11-13)29-15-8-6-14(7-9-15)26-18(28)12-31-20-27-16-3-1-2-4-17(16)30-20/h1-5,10-11,14-15H,6-9,12H2,(H,26,28). The number of halogens is 3. The zero-order chi connectivity index (χ0) is 21.8. The third kappa shape index (κ3) is 5.69. The number of para-hydroxylation sites is 2. The molecule has 3 aromatic rings. The van der Waals surface area contributed by atoms with Crippen LogP contribution in [0.4, 0.5) is 13.2 Å². The predicted molar refractivity (Wildman–Crippen MR) is 109 cm³/mol. The summed E-state index contributed by atoms with van der Waals surface area (Å²) >= 11 is 1.25. The van der Waals surface area contributed by atoms with E-state index >= 15 is 0 Å². The van der Waals surface area contributed by atoms with E-state index in [1.54, 1.807) is 0 Å². The van der Waals surface area contributed by atoms with Crippen LogP contribution < -0.4 is 10.1 Å². The normalized spacial score (nSPS) is 19.3. The molecule has 0 aliphatic heterocycles. The summed E-state index contributed by atoms with van der Waals surface area (Å²) in [5.41, 5.74) is 0.638. The zero-order valence-electron chi connectivity index (χ0n) is 16.4. The van der Waals surface area contributed by atoms with Crippen LogP contribution >= 0.6 is 11.8 Å². The summed E-state index contributed by atoms with van der Waals surface area (Å²) in [4.78, 5) is 20.3. The van der Waals surface area contributed by atoms with E-state index in [1.807, 2.05) is 24.3 Å². The maximum atomic E-state index is 12.6. The molecule has 164 valence electrons. The Morgan fingerprint density at radius 1 is 1.16 bits per heavy atom. The fourth-order valence-corrected chi connectivity index (χ4v) is 4.07. The first-order chi connectivity index (χ1) is 14.9. The lowest BCUT2D eigenvalue weighted by molar-refractivity contribution is -0.137. The van der Waals surface area contributed by atoms with Crippen LogP contribution in [0.3, 0.4) is 0 Å². The minimum Gasteiger partial charge on any atom is -0.474 e. The van der Waals surface area contributed by atoms with Gasteiger partial charge in [0.05, 0.1) is 11.3 Å². The number of hydrogen-bond donors (Lipinski definition) is 1. The quantitative estimate of drug-likeness (QED) is 0.541. The van der Waals surface area contributed by atoms with Crippen molar-refractivity contribution >= 4 is 28.8 Å². The summed E-state index contributed by atoms with van der Waals surface area (Å²) in [7, 11) is 0. The van der Waals surface area contributed by atoms with Crippen molar-refractivity contribution in [2.24, 2.45) is 0 Å². The summed E-state index contributed by atoms with van der Waals surface area (Å²) in [6.07, 6.45) is -0.949. The van der Waals surface area contributed by atoms with Crippen LogP contribution in [0.25, 0.3) is 11.1 Å². The Kier molecular flexibility index (Phi) is 6.35. The highest BCUT2D eigenvalue weighted by Crippen LogP contribution is 2.30. The number of carbonyl (C=O) groups is 1. The van der Waals surface area contributed by atoms with Gasteiger partial charge in [0.1, 0.15) is 11.6 Å². The van der Waals surface area contributed by atoms with Crippen molar-refractivity contribution in [1.29, 1.82) is 0 Å². The molecule has 6 nitrogen and oxygen atoms in total. The number of ether oxygens (including phenoxy) is 1. The van der Waals surface area contributed by atoms with Crippen molar-refractivity contribution in [3.8, 4) is 5.88 Å². The number of carbonyl (C=O) groups excluding carboxylic acids is 1. The summed E-state index contributed by atoms with van der Waals surface area (Å²) in [5, 5.41) is 3.46. The summed E-state index contributed by atoms with van der Waals surface area (Å²) in [6.45, 7) is 0. The van der Waals surface area contributed by atoms with Crippen molar-refractivity contribution < 1.29 is 27.1 Å². The molecule has 1 aliphatic carbocycles. The van der Waals surface area contributed by atoms with Gasteiger partial charge in [-0.2, -0.15) is 13.2 Å². The molecule has 1 aliphatic rings. The van der Waals surface area contributed by atoms with E-state index in [1.165, 1.54) is 17.8 Å². The van der Waals surface area contributed by atoms with Gasteiger partial charge in [0.25, 0.3) is 5.22 Å². The van der Waals surface area contributed by atoms with Crippen molar-refractivity contribution in [2.75, 3.05) is 5.75 Å². The predicted octanol–water partition coefficient (Wildman–Crippen LogP) is 4.84. The van der Waals surface area contributed by atoms with Gasteiger partial charge in [-0.3, -0.25) is 4.79 Å². The molecule has 2 heterocycles. The number of oxazole rings is 1. The first-order valence-corrected chi connectivity index (χ1v) is 10.8. The number of rotatable bonds is 6. The number of fused-ring (bicyclic) bond motifs is 1. The maximum absolute atomic E-state index is 12.6. The van der Waals surface area contributed by atoms with Crippen LogP contribution in [0.2, 0.25) is 0 Å². The smallest absolute Gasteiger partial charge is 0.417 e. The van der Waals surface area contributed by atoms with Gasteiger partial charge in [-0.1, -0.05) is 23.9 Å². The van der Waals surface area contributed by atoms with E-state index in [4.69, 9.17) is 9.15 Å². The molecule has 0 radical (unpaired) electrons. The Morgan fingerprint density at radius 2 is 1.94 bits per heavy atom. The Morgan fingerprint density at radius 3 is 2.61 bits per heavy atom. The van der Waals surface area contributed by atoms with Crippen molar-refractivity contribution in [1.82, 2.24) is 15.3 Å². The molecule has 0 spiro atoms. The number of hydrogen-bond acceptors (Lipinski definition) is 6. The van der Waals surface area contributed by atoms with Gasteiger partial charge in [0, 0.05) is 18.3 Å². The molecule has 0 atom stereocenters. The molecule has 2 aromatic heterocycles. The molecule has 1 saturated carbocycles.